The molecule has 1 amide bonds. The van der Waals surface area contributed by atoms with Crippen molar-refractivity contribution in [2.24, 2.45) is 7.05 Å². The van der Waals surface area contributed by atoms with Gasteiger partial charge in [-0.2, -0.15) is 9.40 Å². The molecule has 0 radical (unpaired) electrons. The van der Waals surface area contributed by atoms with Crippen LogP contribution in [0, 0.1) is 31.3 Å². The number of nitrogens with zero attached hydrogens (tertiary/aromatic N) is 5. The van der Waals surface area contributed by atoms with Crippen LogP contribution in [-0.2, 0) is 17.1 Å². The number of halogens is 3. The molecule has 1 aliphatic heterocycles. The summed E-state index contributed by atoms with van der Waals surface area (Å²) >= 11 is 0. The second-order valence-electron chi connectivity index (χ2n) is 7.83. The fraction of sp³-hybridized carbons (Fsp3) is 0.333. The Balaban J connectivity index is 1.55. The fourth-order valence-corrected chi connectivity index (χ4v) is 5.48. The van der Waals surface area contributed by atoms with E-state index in [4.69, 9.17) is 0 Å². The van der Waals surface area contributed by atoms with Crippen LogP contribution < -0.4 is 0 Å². The first kappa shape index (κ1) is 23.1. The van der Waals surface area contributed by atoms with Crippen LogP contribution in [0.4, 0.5) is 13.2 Å². The van der Waals surface area contributed by atoms with Gasteiger partial charge < -0.3 is 9.47 Å². The van der Waals surface area contributed by atoms with Crippen LogP contribution in [0.3, 0.4) is 0 Å². The molecule has 0 aliphatic carbocycles. The fourth-order valence-electron chi connectivity index (χ4n) is 4.00. The molecule has 1 aliphatic rings. The third-order valence-electron chi connectivity index (χ3n) is 5.76. The zero-order valence-corrected chi connectivity index (χ0v) is 19.0. The van der Waals surface area contributed by atoms with Gasteiger partial charge in [0, 0.05) is 44.6 Å². The molecule has 33 heavy (non-hydrogen) atoms. The first-order valence-electron chi connectivity index (χ1n) is 10.1. The zero-order valence-electron chi connectivity index (χ0n) is 18.2. The van der Waals surface area contributed by atoms with E-state index in [9.17, 15) is 26.4 Å². The summed E-state index contributed by atoms with van der Waals surface area (Å²) in [5, 5.41) is 4.22. The predicted molar refractivity (Wildman–Crippen MR) is 113 cm³/mol. The lowest BCUT2D eigenvalue weighted by atomic mass is 10.2. The molecule has 2 aromatic heterocycles. The van der Waals surface area contributed by atoms with Crippen molar-refractivity contribution >= 4 is 15.9 Å². The third-order valence-corrected chi connectivity index (χ3v) is 7.68. The van der Waals surface area contributed by atoms with Crippen molar-refractivity contribution in [2.75, 3.05) is 26.2 Å². The Morgan fingerprint density at radius 3 is 2.15 bits per heavy atom. The van der Waals surface area contributed by atoms with E-state index in [0.717, 1.165) is 15.7 Å². The molecule has 1 fully saturated rings. The van der Waals surface area contributed by atoms with E-state index in [1.165, 1.54) is 11.1 Å². The van der Waals surface area contributed by atoms with Crippen molar-refractivity contribution < 1.29 is 26.4 Å². The number of sulfonamides is 1. The molecule has 3 heterocycles. The molecule has 0 N–H and O–H groups in total. The van der Waals surface area contributed by atoms with E-state index >= 15 is 0 Å². The number of benzene rings is 1. The Morgan fingerprint density at radius 1 is 0.939 bits per heavy atom. The summed E-state index contributed by atoms with van der Waals surface area (Å²) in [6.07, 6.45) is 1.47. The molecule has 3 aromatic rings. The van der Waals surface area contributed by atoms with Crippen molar-refractivity contribution in [3.63, 3.8) is 0 Å². The van der Waals surface area contributed by atoms with Crippen molar-refractivity contribution in [1.82, 2.24) is 23.6 Å². The minimum Gasteiger partial charge on any atom is -0.336 e. The maximum Gasteiger partial charge on any atom is 0.259 e. The van der Waals surface area contributed by atoms with Gasteiger partial charge in [-0.05, 0) is 38.1 Å². The SMILES string of the molecule is Cc1ccc(C)n1-c1c(C(=O)N2CCN(S(=O)(=O)c3ccc(F)c(F)c3F)CC2)cnn1C. The van der Waals surface area contributed by atoms with Crippen molar-refractivity contribution in [3.05, 3.63) is 64.9 Å². The van der Waals surface area contributed by atoms with Gasteiger partial charge >= 0.3 is 0 Å². The second-order valence-corrected chi connectivity index (χ2v) is 9.73. The standard InChI is InChI=1S/C21H22F3N5O3S/c1-13-4-5-14(2)29(13)20-15(12-25-26(20)3)21(30)27-8-10-28(11-9-27)33(31,32)17-7-6-16(22)18(23)19(17)24/h4-7,12H,8-11H2,1-3H3. The normalized spacial score (nSPS) is 15.3. The number of hydrogen-bond donors (Lipinski definition) is 0. The number of carbonyl (C=O) groups is 1. The summed E-state index contributed by atoms with van der Waals surface area (Å²) in [7, 11) is -2.68. The van der Waals surface area contributed by atoms with Gasteiger partial charge in [0.25, 0.3) is 5.91 Å². The summed E-state index contributed by atoms with van der Waals surface area (Å²) in [6, 6.07) is 5.12. The number of amides is 1. The van der Waals surface area contributed by atoms with Gasteiger partial charge in [0.2, 0.25) is 10.0 Å². The molecule has 4 rings (SSSR count). The molecule has 176 valence electrons. The smallest absolute Gasteiger partial charge is 0.259 e. The summed E-state index contributed by atoms with van der Waals surface area (Å²) in [6.45, 7) is 3.67. The summed E-state index contributed by atoms with van der Waals surface area (Å²) in [5.74, 6) is -4.79. The molecule has 0 saturated carbocycles. The Morgan fingerprint density at radius 2 is 1.55 bits per heavy atom. The molecule has 1 saturated heterocycles. The minimum absolute atomic E-state index is 0.0430. The van der Waals surface area contributed by atoms with E-state index in [1.54, 1.807) is 11.7 Å². The van der Waals surface area contributed by atoms with Gasteiger partial charge in [-0.15, -0.1) is 0 Å². The Bertz CT molecular complexity index is 1320. The second kappa shape index (κ2) is 8.34. The number of hydrogen-bond acceptors (Lipinski definition) is 4. The lowest BCUT2D eigenvalue weighted by molar-refractivity contribution is 0.0697. The average Bonchev–Trinajstić information content (AvgIpc) is 3.32. The maximum absolute atomic E-state index is 14.1. The first-order valence-corrected chi connectivity index (χ1v) is 11.6. The topological polar surface area (TPSA) is 80.4 Å². The van der Waals surface area contributed by atoms with Crippen LogP contribution in [0.1, 0.15) is 21.7 Å². The van der Waals surface area contributed by atoms with Gasteiger partial charge in [-0.1, -0.05) is 0 Å². The highest BCUT2D eigenvalue weighted by atomic mass is 32.2. The number of aromatic nitrogens is 3. The summed E-state index contributed by atoms with van der Waals surface area (Å²) in [5.41, 5.74) is 2.21. The largest absolute Gasteiger partial charge is 0.336 e. The molecule has 1 aromatic carbocycles. The maximum atomic E-state index is 14.1. The van der Waals surface area contributed by atoms with Crippen molar-refractivity contribution in [2.45, 2.75) is 18.7 Å². The highest BCUT2D eigenvalue weighted by Crippen LogP contribution is 2.25. The Hall–Kier alpha value is -3.12. The van der Waals surface area contributed by atoms with E-state index in [-0.39, 0.29) is 32.1 Å². The average molecular weight is 482 g/mol. The van der Waals surface area contributed by atoms with Gasteiger partial charge in [0.05, 0.1) is 6.20 Å². The molecular weight excluding hydrogens is 459 g/mol. The third kappa shape index (κ3) is 3.82. The molecule has 0 spiro atoms. The van der Waals surface area contributed by atoms with Crippen LogP contribution >= 0.6 is 0 Å². The highest BCUT2D eigenvalue weighted by molar-refractivity contribution is 7.89. The van der Waals surface area contributed by atoms with Crippen molar-refractivity contribution in [3.8, 4) is 5.82 Å². The zero-order chi connectivity index (χ0) is 24.1. The van der Waals surface area contributed by atoms with Crippen molar-refractivity contribution in [1.29, 1.82) is 0 Å². The summed E-state index contributed by atoms with van der Waals surface area (Å²) in [4.78, 5) is 13.8. The van der Waals surface area contributed by atoms with Gasteiger partial charge in [-0.25, -0.2) is 21.6 Å². The van der Waals surface area contributed by atoms with E-state index < -0.39 is 32.4 Å². The van der Waals surface area contributed by atoms with E-state index in [0.29, 0.717) is 23.5 Å². The first-order chi connectivity index (χ1) is 15.5. The quantitative estimate of drug-likeness (QED) is 0.536. The predicted octanol–water partition coefficient (Wildman–Crippen LogP) is 2.39. The molecule has 0 atom stereocenters. The highest BCUT2D eigenvalue weighted by Gasteiger charge is 2.34. The van der Waals surface area contributed by atoms with E-state index in [2.05, 4.69) is 5.10 Å². The molecule has 0 unspecified atom stereocenters. The molecule has 12 heteroatoms. The van der Waals surface area contributed by atoms with Gasteiger partial charge in [0.15, 0.2) is 17.5 Å². The number of piperazine rings is 1. The molecular formula is C21H22F3N5O3S. The Kier molecular flexibility index (Phi) is 5.83. The lowest BCUT2D eigenvalue weighted by Crippen LogP contribution is -2.50. The van der Waals surface area contributed by atoms with E-state index in [1.807, 2.05) is 30.5 Å². The van der Waals surface area contributed by atoms with Crippen LogP contribution in [0.5, 0.6) is 0 Å². The number of carbonyl (C=O) groups excluding carboxylic acids is 1. The molecule has 0 bridgehead atoms. The van der Waals surface area contributed by atoms with Gasteiger partial charge in [-0.3, -0.25) is 9.48 Å². The Labute approximate surface area is 188 Å². The van der Waals surface area contributed by atoms with Crippen LogP contribution in [0.15, 0.2) is 35.4 Å². The number of rotatable bonds is 4. The van der Waals surface area contributed by atoms with Gasteiger partial charge in [0.1, 0.15) is 16.3 Å². The van der Waals surface area contributed by atoms with Crippen LogP contribution in [0.25, 0.3) is 5.82 Å². The monoisotopic (exact) mass is 481 g/mol. The van der Waals surface area contributed by atoms with Crippen LogP contribution in [0.2, 0.25) is 0 Å². The number of aryl methyl sites for hydroxylation is 3. The summed E-state index contributed by atoms with van der Waals surface area (Å²) < 4.78 is 70.9. The van der Waals surface area contributed by atoms with Crippen LogP contribution in [-0.4, -0.2) is 64.1 Å². The lowest BCUT2D eigenvalue weighted by Gasteiger charge is -2.34. The minimum atomic E-state index is -4.40. The molecule has 8 nitrogen and oxygen atoms in total.